The van der Waals surface area contributed by atoms with Crippen molar-refractivity contribution in [3.8, 4) is 11.5 Å². The molecule has 0 bridgehead atoms. The van der Waals surface area contributed by atoms with Crippen molar-refractivity contribution in [1.29, 1.82) is 0 Å². The highest BCUT2D eigenvalue weighted by Crippen LogP contribution is 2.19. The zero-order valence-corrected chi connectivity index (χ0v) is 11.9. The van der Waals surface area contributed by atoms with Crippen LogP contribution in [0.2, 0.25) is 0 Å². The van der Waals surface area contributed by atoms with Gasteiger partial charge in [0.25, 0.3) is 5.91 Å². The molecule has 19 heavy (non-hydrogen) atoms. The van der Waals surface area contributed by atoms with Gasteiger partial charge in [-0.3, -0.25) is 4.79 Å². The first-order valence-corrected chi connectivity index (χ1v) is 6.75. The molecule has 106 valence electrons. The first-order chi connectivity index (χ1) is 9.17. The number of hydrogen-bond acceptors (Lipinski definition) is 3. The summed E-state index contributed by atoms with van der Waals surface area (Å²) in [6.07, 6.45) is 2.78. The van der Waals surface area contributed by atoms with Crippen LogP contribution in [0.1, 0.15) is 33.1 Å². The molecule has 1 aromatic rings. The van der Waals surface area contributed by atoms with Gasteiger partial charge in [-0.05, 0) is 25.5 Å². The normalized spacial score (nSPS) is 11.7. The van der Waals surface area contributed by atoms with Gasteiger partial charge in [0.1, 0.15) is 11.5 Å². The van der Waals surface area contributed by atoms with E-state index in [2.05, 4.69) is 12.2 Å². The standard InChI is InChI=1S/C15H23NO3/c1-4-5-6-10-16-15(17)12(2)19-14-9-7-8-13(11-14)18-3/h7-9,11-12H,4-6,10H2,1-3H3,(H,16,17)/t12-/m0/s1. The Kier molecular flexibility index (Phi) is 6.79. The predicted octanol–water partition coefficient (Wildman–Crippen LogP) is 2.77. The molecule has 0 radical (unpaired) electrons. The molecule has 1 N–H and O–H groups in total. The molecule has 1 rings (SSSR count). The zero-order chi connectivity index (χ0) is 14.1. The fourth-order valence-corrected chi connectivity index (χ4v) is 1.66. The Balaban J connectivity index is 2.40. The summed E-state index contributed by atoms with van der Waals surface area (Å²) in [4.78, 5) is 11.8. The predicted molar refractivity (Wildman–Crippen MR) is 75.6 cm³/mol. The Morgan fingerprint density at radius 3 is 2.74 bits per heavy atom. The van der Waals surface area contributed by atoms with Gasteiger partial charge in [-0.25, -0.2) is 0 Å². The maximum atomic E-state index is 11.8. The van der Waals surface area contributed by atoms with E-state index in [0.717, 1.165) is 19.3 Å². The van der Waals surface area contributed by atoms with Crippen molar-refractivity contribution in [2.24, 2.45) is 0 Å². The fourth-order valence-electron chi connectivity index (χ4n) is 1.66. The second-order valence-corrected chi connectivity index (χ2v) is 4.44. The van der Waals surface area contributed by atoms with Gasteiger partial charge in [-0.1, -0.05) is 25.8 Å². The van der Waals surface area contributed by atoms with Crippen LogP contribution in [0.15, 0.2) is 24.3 Å². The summed E-state index contributed by atoms with van der Waals surface area (Å²) in [7, 11) is 1.60. The molecule has 0 aliphatic heterocycles. The maximum Gasteiger partial charge on any atom is 0.260 e. The van der Waals surface area contributed by atoms with Crippen molar-refractivity contribution in [3.63, 3.8) is 0 Å². The minimum absolute atomic E-state index is 0.0843. The van der Waals surface area contributed by atoms with Gasteiger partial charge in [0, 0.05) is 12.6 Å². The van der Waals surface area contributed by atoms with E-state index in [9.17, 15) is 4.79 Å². The highest BCUT2D eigenvalue weighted by molar-refractivity contribution is 5.80. The molecule has 0 saturated heterocycles. The summed E-state index contributed by atoms with van der Waals surface area (Å²) >= 11 is 0. The van der Waals surface area contributed by atoms with E-state index in [1.165, 1.54) is 0 Å². The molecule has 0 aliphatic carbocycles. The van der Waals surface area contributed by atoms with Gasteiger partial charge in [0.05, 0.1) is 7.11 Å². The van der Waals surface area contributed by atoms with Crippen LogP contribution in [0.4, 0.5) is 0 Å². The molecular formula is C15H23NO3. The van der Waals surface area contributed by atoms with Crippen LogP contribution < -0.4 is 14.8 Å². The molecule has 1 aromatic carbocycles. The van der Waals surface area contributed by atoms with Crippen LogP contribution in [-0.2, 0) is 4.79 Å². The SMILES string of the molecule is CCCCCNC(=O)[C@H](C)Oc1cccc(OC)c1. The summed E-state index contributed by atoms with van der Waals surface area (Å²) < 4.78 is 10.7. The van der Waals surface area contributed by atoms with Gasteiger partial charge < -0.3 is 14.8 Å². The third-order valence-electron chi connectivity index (χ3n) is 2.80. The van der Waals surface area contributed by atoms with Crippen molar-refractivity contribution < 1.29 is 14.3 Å². The van der Waals surface area contributed by atoms with E-state index in [4.69, 9.17) is 9.47 Å². The van der Waals surface area contributed by atoms with E-state index in [1.54, 1.807) is 20.1 Å². The Labute approximate surface area is 115 Å². The highest BCUT2D eigenvalue weighted by atomic mass is 16.5. The van der Waals surface area contributed by atoms with E-state index >= 15 is 0 Å². The summed E-state index contributed by atoms with van der Waals surface area (Å²) in [5.41, 5.74) is 0. The van der Waals surface area contributed by atoms with Crippen molar-refractivity contribution in [1.82, 2.24) is 5.32 Å². The van der Waals surface area contributed by atoms with Crippen molar-refractivity contribution >= 4 is 5.91 Å². The highest BCUT2D eigenvalue weighted by Gasteiger charge is 2.13. The van der Waals surface area contributed by atoms with Gasteiger partial charge >= 0.3 is 0 Å². The molecular weight excluding hydrogens is 242 g/mol. The average Bonchev–Trinajstić information content (AvgIpc) is 2.43. The monoisotopic (exact) mass is 265 g/mol. The number of nitrogens with one attached hydrogen (secondary N) is 1. The minimum Gasteiger partial charge on any atom is -0.497 e. The molecule has 0 saturated carbocycles. The number of carbonyl (C=O) groups excluding carboxylic acids is 1. The summed E-state index contributed by atoms with van der Waals surface area (Å²) in [5.74, 6) is 1.27. The van der Waals surface area contributed by atoms with Gasteiger partial charge in [-0.2, -0.15) is 0 Å². The molecule has 0 aliphatic rings. The molecule has 0 unspecified atom stereocenters. The minimum atomic E-state index is -0.506. The zero-order valence-electron chi connectivity index (χ0n) is 11.9. The number of hydrogen-bond donors (Lipinski definition) is 1. The van der Waals surface area contributed by atoms with Gasteiger partial charge in [0.15, 0.2) is 6.10 Å². The lowest BCUT2D eigenvalue weighted by molar-refractivity contribution is -0.127. The van der Waals surface area contributed by atoms with Crippen LogP contribution in [0.25, 0.3) is 0 Å². The number of carbonyl (C=O) groups is 1. The Hall–Kier alpha value is -1.71. The summed E-state index contributed by atoms with van der Waals surface area (Å²) in [6, 6.07) is 7.24. The molecule has 1 amide bonds. The molecule has 0 heterocycles. The van der Waals surface area contributed by atoms with E-state index < -0.39 is 6.10 Å². The van der Waals surface area contributed by atoms with E-state index in [0.29, 0.717) is 18.0 Å². The fraction of sp³-hybridized carbons (Fsp3) is 0.533. The average molecular weight is 265 g/mol. The first-order valence-electron chi connectivity index (χ1n) is 6.75. The number of unbranched alkanes of at least 4 members (excludes halogenated alkanes) is 2. The van der Waals surface area contributed by atoms with Crippen LogP contribution in [0.5, 0.6) is 11.5 Å². The number of amides is 1. The smallest absolute Gasteiger partial charge is 0.260 e. The van der Waals surface area contributed by atoms with Crippen LogP contribution >= 0.6 is 0 Å². The van der Waals surface area contributed by atoms with Crippen LogP contribution in [0, 0.1) is 0 Å². The van der Waals surface area contributed by atoms with Crippen molar-refractivity contribution in [2.75, 3.05) is 13.7 Å². The summed E-state index contributed by atoms with van der Waals surface area (Å²) in [5, 5.41) is 2.87. The second kappa shape index (κ2) is 8.40. The molecule has 4 heteroatoms. The van der Waals surface area contributed by atoms with Crippen LogP contribution in [-0.4, -0.2) is 25.7 Å². The third-order valence-corrected chi connectivity index (χ3v) is 2.80. The maximum absolute atomic E-state index is 11.8. The summed E-state index contributed by atoms with van der Waals surface area (Å²) in [6.45, 7) is 4.59. The van der Waals surface area contributed by atoms with Gasteiger partial charge in [-0.15, -0.1) is 0 Å². The lowest BCUT2D eigenvalue weighted by Crippen LogP contribution is -2.36. The second-order valence-electron chi connectivity index (χ2n) is 4.44. The Morgan fingerprint density at radius 2 is 2.05 bits per heavy atom. The number of rotatable bonds is 8. The van der Waals surface area contributed by atoms with Crippen LogP contribution in [0.3, 0.4) is 0 Å². The van der Waals surface area contributed by atoms with E-state index in [-0.39, 0.29) is 5.91 Å². The quantitative estimate of drug-likeness (QED) is 0.735. The van der Waals surface area contributed by atoms with Gasteiger partial charge in [0.2, 0.25) is 0 Å². The number of benzene rings is 1. The van der Waals surface area contributed by atoms with Crippen molar-refractivity contribution in [3.05, 3.63) is 24.3 Å². The molecule has 0 spiro atoms. The largest absolute Gasteiger partial charge is 0.497 e. The van der Waals surface area contributed by atoms with Crippen molar-refractivity contribution in [2.45, 2.75) is 39.2 Å². The molecule has 0 fully saturated rings. The third kappa shape index (κ3) is 5.64. The number of methoxy groups -OCH3 is 1. The molecule has 4 nitrogen and oxygen atoms in total. The topological polar surface area (TPSA) is 47.6 Å². The lowest BCUT2D eigenvalue weighted by atomic mass is 10.2. The Bertz CT molecular complexity index is 393. The molecule has 0 aromatic heterocycles. The lowest BCUT2D eigenvalue weighted by Gasteiger charge is -2.15. The first kappa shape index (κ1) is 15.3. The van der Waals surface area contributed by atoms with E-state index in [1.807, 2.05) is 18.2 Å². The molecule has 1 atom stereocenters. The number of ether oxygens (including phenoxy) is 2. The Morgan fingerprint density at radius 1 is 1.32 bits per heavy atom.